The average molecular weight is 670 g/mol. The van der Waals surface area contributed by atoms with Crippen LogP contribution in [-0.2, 0) is 29.0 Å². The monoisotopic (exact) mass is 669 g/mol. The van der Waals surface area contributed by atoms with Crippen molar-refractivity contribution in [3.63, 3.8) is 0 Å². The lowest BCUT2D eigenvalue weighted by Gasteiger charge is -2.24. The summed E-state index contributed by atoms with van der Waals surface area (Å²) in [4.78, 5) is 41.6. The number of hydrogen-bond donors (Lipinski definition) is 4. The van der Waals surface area contributed by atoms with Gasteiger partial charge in [-0.15, -0.1) is 0 Å². The van der Waals surface area contributed by atoms with Crippen LogP contribution in [0.4, 0.5) is 9.59 Å². The Balaban J connectivity index is 2.49. The molecule has 0 bridgehead atoms. The van der Waals surface area contributed by atoms with Crippen molar-refractivity contribution in [1.82, 2.24) is 20.7 Å². The number of carbonyl (C=O) groups is 3. The number of aliphatic imine (C=N–C) groups is 1. The number of benzene rings is 1. The molecule has 0 aliphatic carbocycles. The minimum atomic E-state index is -3.91. The second-order valence-electron chi connectivity index (χ2n) is 13.8. The van der Waals surface area contributed by atoms with Crippen molar-refractivity contribution < 1.29 is 37.0 Å². The number of ether oxygens (including phenoxy) is 3. The predicted octanol–water partition coefficient (Wildman–Crippen LogP) is 5.01. The maximum atomic E-state index is 12.8. The Hall–Kier alpha value is -3.23. The highest BCUT2D eigenvalue weighted by Gasteiger charge is 2.29. The van der Waals surface area contributed by atoms with Crippen LogP contribution in [-0.4, -0.2) is 75.0 Å². The summed E-state index contributed by atoms with van der Waals surface area (Å²) in [5.74, 6) is -0.682. The first-order valence-corrected chi connectivity index (χ1v) is 17.2. The van der Waals surface area contributed by atoms with Crippen molar-refractivity contribution >= 4 is 34.1 Å². The molecule has 0 heterocycles. The third-order valence-electron chi connectivity index (χ3n) is 5.66. The number of nitrogens with zero attached hydrogens (tertiary/aromatic N) is 1. The molecule has 0 aliphatic heterocycles. The zero-order valence-corrected chi connectivity index (χ0v) is 29.8. The molecule has 0 saturated heterocycles. The van der Waals surface area contributed by atoms with Gasteiger partial charge in [0.05, 0.1) is 4.90 Å². The molecule has 13 nitrogen and oxygen atoms in total. The second kappa shape index (κ2) is 18.8. The first-order chi connectivity index (χ1) is 21.2. The first kappa shape index (κ1) is 40.8. The maximum absolute atomic E-state index is 12.8. The van der Waals surface area contributed by atoms with E-state index in [0.717, 1.165) is 38.5 Å². The Kier molecular flexibility index (Phi) is 16.7. The number of unbranched alkanes of at least 4 members (excludes halogenated alkanes) is 5. The summed E-state index contributed by atoms with van der Waals surface area (Å²) >= 11 is 0. The lowest BCUT2D eigenvalue weighted by Crippen LogP contribution is -2.49. The van der Waals surface area contributed by atoms with E-state index in [4.69, 9.17) is 14.2 Å². The Labute approximate surface area is 275 Å². The quantitative estimate of drug-likeness (QED) is 0.0658. The van der Waals surface area contributed by atoms with Crippen LogP contribution < -0.4 is 20.7 Å². The largest absolute Gasteiger partial charge is 0.459 e. The SMILES string of the molecule is CC(C)(C)OC(=O)NC(=NCCCCCCCCNCC(NS(=O)(=O)c1ccccc1)C(=O)OC(C)(C)C)NC(=O)OC(C)(C)C. The van der Waals surface area contributed by atoms with Crippen molar-refractivity contribution in [2.45, 2.75) is 129 Å². The van der Waals surface area contributed by atoms with E-state index in [1.165, 1.54) is 12.1 Å². The van der Waals surface area contributed by atoms with Crippen LogP contribution >= 0.6 is 0 Å². The highest BCUT2D eigenvalue weighted by Crippen LogP contribution is 2.13. The number of alkyl carbamates (subject to hydrolysis) is 2. The number of hydrogen-bond acceptors (Lipinski definition) is 10. The summed E-state index contributed by atoms with van der Waals surface area (Å²) < 4.78 is 44.1. The molecule has 1 aromatic carbocycles. The third-order valence-corrected chi connectivity index (χ3v) is 7.15. The Morgan fingerprint density at radius 1 is 0.717 bits per heavy atom. The summed E-state index contributed by atoms with van der Waals surface area (Å²) in [6.07, 6.45) is 3.88. The normalized spacial score (nSPS) is 12.9. The summed E-state index contributed by atoms with van der Waals surface area (Å²) in [6.45, 7) is 16.7. The van der Waals surface area contributed by atoms with Crippen LogP contribution in [0.5, 0.6) is 0 Å². The van der Waals surface area contributed by atoms with Crippen molar-refractivity contribution in [2.24, 2.45) is 4.99 Å². The van der Waals surface area contributed by atoms with Crippen LogP contribution in [0.15, 0.2) is 40.2 Å². The van der Waals surface area contributed by atoms with Gasteiger partial charge in [-0.2, -0.15) is 4.72 Å². The molecular weight excluding hydrogens is 614 g/mol. The van der Waals surface area contributed by atoms with Crippen LogP contribution in [0.25, 0.3) is 0 Å². The Bertz CT molecular complexity index is 1200. The second-order valence-corrected chi connectivity index (χ2v) is 15.5. The fraction of sp³-hybridized carbons (Fsp3) is 0.688. The molecule has 1 rings (SSSR count). The van der Waals surface area contributed by atoms with Crippen LogP contribution in [0, 0.1) is 0 Å². The Morgan fingerprint density at radius 2 is 1.20 bits per heavy atom. The fourth-order valence-electron chi connectivity index (χ4n) is 3.82. The minimum Gasteiger partial charge on any atom is -0.459 e. The van der Waals surface area contributed by atoms with E-state index in [1.807, 2.05) is 0 Å². The zero-order chi connectivity index (χ0) is 35.0. The summed E-state index contributed by atoms with van der Waals surface area (Å²) in [5, 5.41) is 8.12. The van der Waals surface area contributed by atoms with Gasteiger partial charge in [0.15, 0.2) is 0 Å². The number of nitrogens with one attached hydrogen (secondary N) is 4. The first-order valence-electron chi connectivity index (χ1n) is 15.7. The lowest BCUT2D eigenvalue weighted by molar-refractivity contribution is -0.156. The van der Waals surface area contributed by atoms with Crippen LogP contribution in [0.1, 0.15) is 101 Å². The molecule has 0 aliphatic rings. The molecule has 2 amide bonds. The topological polar surface area (TPSA) is 174 Å². The number of carbonyl (C=O) groups excluding carboxylic acids is 3. The number of esters is 1. The van der Waals surface area contributed by atoms with Crippen molar-refractivity contribution in [3.8, 4) is 0 Å². The van der Waals surface area contributed by atoms with Crippen LogP contribution in [0.2, 0.25) is 0 Å². The smallest absolute Gasteiger partial charge is 0.414 e. The molecular formula is C32H55N5O8S. The van der Waals surface area contributed by atoms with Gasteiger partial charge in [0.25, 0.3) is 0 Å². The zero-order valence-electron chi connectivity index (χ0n) is 28.9. The molecule has 0 spiro atoms. The van der Waals surface area contributed by atoms with Gasteiger partial charge in [0, 0.05) is 13.1 Å². The summed E-state index contributed by atoms with van der Waals surface area (Å²) in [7, 11) is -3.91. The van der Waals surface area contributed by atoms with E-state index in [0.29, 0.717) is 13.1 Å². The van der Waals surface area contributed by atoms with Gasteiger partial charge < -0.3 is 19.5 Å². The number of amides is 2. The van der Waals surface area contributed by atoms with E-state index in [9.17, 15) is 22.8 Å². The molecule has 1 atom stereocenters. The minimum absolute atomic E-state index is 0.0367. The van der Waals surface area contributed by atoms with E-state index in [1.54, 1.807) is 80.5 Å². The van der Waals surface area contributed by atoms with E-state index in [2.05, 4.69) is 25.7 Å². The summed E-state index contributed by atoms with van der Waals surface area (Å²) in [5.41, 5.74) is -2.18. The molecule has 262 valence electrons. The van der Waals surface area contributed by atoms with Gasteiger partial charge in [0.1, 0.15) is 22.8 Å². The lowest BCUT2D eigenvalue weighted by atomic mass is 10.1. The van der Waals surface area contributed by atoms with Gasteiger partial charge in [-0.25, -0.2) is 18.0 Å². The standard InChI is InChI=1S/C32H55N5O8S/c1-30(2,3)43-26(38)25(37-46(41,42)24-19-15-14-16-20-24)23-33-21-17-12-10-11-13-18-22-34-27(35-28(39)44-31(4,5)6)36-29(40)45-32(7,8)9/h14-16,19-20,25,33,37H,10-13,17-18,21-23H2,1-9H3,(H2,34,35,36,39,40). The van der Waals surface area contributed by atoms with Crippen LogP contribution in [0.3, 0.4) is 0 Å². The third kappa shape index (κ3) is 20.0. The molecule has 4 N–H and O–H groups in total. The molecule has 0 aromatic heterocycles. The average Bonchev–Trinajstić information content (AvgIpc) is 2.88. The molecule has 0 radical (unpaired) electrons. The van der Waals surface area contributed by atoms with Gasteiger partial charge >= 0.3 is 18.2 Å². The summed E-state index contributed by atoms with van der Waals surface area (Å²) in [6, 6.07) is 6.81. The van der Waals surface area contributed by atoms with E-state index < -0.39 is 51.0 Å². The molecule has 0 saturated carbocycles. The predicted molar refractivity (Wildman–Crippen MR) is 178 cm³/mol. The number of rotatable bonds is 15. The van der Waals surface area contributed by atoms with Crippen molar-refractivity contribution in [2.75, 3.05) is 19.6 Å². The van der Waals surface area contributed by atoms with E-state index >= 15 is 0 Å². The molecule has 14 heteroatoms. The molecule has 46 heavy (non-hydrogen) atoms. The maximum Gasteiger partial charge on any atom is 0.414 e. The molecule has 0 fully saturated rings. The number of guanidine groups is 1. The van der Waals surface area contributed by atoms with Gasteiger partial charge in [0.2, 0.25) is 16.0 Å². The number of sulfonamides is 1. The van der Waals surface area contributed by atoms with Gasteiger partial charge in [-0.1, -0.05) is 43.9 Å². The van der Waals surface area contributed by atoms with Crippen molar-refractivity contribution in [1.29, 1.82) is 0 Å². The van der Waals surface area contributed by atoms with E-state index in [-0.39, 0.29) is 17.4 Å². The van der Waals surface area contributed by atoms with Crippen molar-refractivity contribution in [3.05, 3.63) is 30.3 Å². The highest BCUT2D eigenvalue weighted by atomic mass is 32.2. The van der Waals surface area contributed by atoms with Gasteiger partial charge in [-0.3, -0.25) is 20.4 Å². The Morgan fingerprint density at radius 3 is 1.70 bits per heavy atom. The van der Waals surface area contributed by atoms with Gasteiger partial charge in [-0.05, 0) is 93.8 Å². The molecule has 1 unspecified atom stereocenters. The fourth-order valence-corrected chi connectivity index (χ4v) is 5.02. The molecule has 1 aromatic rings. The highest BCUT2D eigenvalue weighted by molar-refractivity contribution is 7.89.